The SMILES string of the molecule is CCCNc1cc([N+](=O)[O-])cc(NCCOCC(C)C)n1. The summed E-state index contributed by atoms with van der Waals surface area (Å²) in [6.07, 6.45) is 0.927. The van der Waals surface area contributed by atoms with E-state index >= 15 is 0 Å². The van der Waals surface area contributed by atoms with Gasteiger partial charge in [0, 0.05) is 19.7 Å². The van der Waals surface area contributed by atoms with Crippen LogP contribution in [-0.2, 0) is 4.74 Å². The average molecular weight is 296 g/mol. The van der Waals surface area contributed by atoms with E-state index in [1.165, 1.54) is 12.1 Å². The van der Waals surface area contributed by atoms with Gasteiger partial charge in [-0.15, -0.1) is 0 Å². The number of aromatic nitrogens is 1. The minimum Gasteiger partial charge on any atom is -0.379 e. The molecule has 2 N–H and O–H groups in total. The van der Waals surface area contributed by atoms with Crippen LogP contribution in [0.4, 0.5) is 17.3 Å². The Morgan fingerprint density at radius 1 is 1.29 bits per heavy atom. The number of hydrogen-bond acceptors (Lipinski definition) is 6. The maximum atomic E-state index is 10.9. The molecular weight excluding hydrogens is 272 g/mol. The van der Waals surface area contributed by atoms with E-state index in [2.05, 4.69) is 29.5 Å². The van der Waals surface area contributed by atoms with Gasteiger partial charge in [-0.25, -0.2) is 4.98 Å². The Bertz CT molecular complexity index is 452. The predicted molar refractivity (Wildman–Crippen MR) is 83.8 cm³/mol. The molecular formula is C14H24N4O3. The molecule has 7 heteroatoms. The van der Waals surface area contributed by atoms with E-state index < -0.39 is 4.92 Å². The summed E-state index contributed by atoms with van der Waals surface area (Å²) in [4.78, 5) is 14.8. The second kappa shape index (κ2) is 9.12. The molecule has 0 spiro atoms. The van der Waals surface area contributed by atoms with E-state index in [1.807, 2.05) is 6.92 Å². The van der Waals surface area contributed by atoms with Crippen LogP contribution in [0.25, 0.3) is 0 Å². The van der Waals surface area contributed by atoms with Gasteiger partial charge in [0.2, 0.25) is 0 Å². The molecule has 0 aliphatic heterocycles. The van der Waals surface area contributed by atoms with E-state index in [0.29, 0.717) is 37.3 Å². The van der Waals surface area contributed by atoms with Crippen molar-refractivity contribution in [3.8, 4) is 0 Å². The lowest BCUT2D eigenvalue weighted by atomic mass is 10.2. The molecule has 0 fully saturated rings. The predicted octanol–water partition coefficient (Wildman–Crippen LogP) is 2.90. The number of rotatable bonds is 10. The van der Waals surface area contributed by atoms with Crippen molar-refractivity contribution in [1.29, 1.82) is 0 Å². The van der Waals surface area contributed by atoms with Crippen LogP contribution in [-0.4, -0.2) is 36.2 Å². The van der Waals surface area contributed by atoms with Crippen LogP contribution in [0.2, 0.25) is 0 Å². The highest BCUT2D eigenvalue weighted by Gasteiger charge is 2.10. The summed E-state index contributed by atoms with van der Waals surface area (Å²) < 4.78 is 5.45. The fourth-order valence-corrected chi connectivity index (χ4v) is 1.63. The molecule has 0 unspecified atom stereocenters. The summed E-state index contributed by atoms with van der Waals surface area (Å²) >= 11 is 0. The molecule has 1 rings (SSSR count). The molecule has 0 saturated carbocycles. The third-order valence-electron chi connectivity index (χ3n) is 2.58. The van der Waals surface area contributed by atoms with Gasteiger partial charge in [-0.05, 0) is 12.3 Å². The minimum atomic E-state index is -0.417. The molecule has 1 aromatic rings. The van der Waals surface area contributed by atoms with Crippen LogP contribution in [0, 0.1) is 16.0 Å². The fraction of sp³-hybridized carbons (Fsp3) is 0.643. The van der Waals surface area contributed by atoms with Gasteiger partial charge in [-0.2, -0.15) is 0 Å². The Morgan fingerprint density at radius 2 is 1.90 bits per heavy atom. The number of anilines is 2. The highest BCUT2D eigenvalue weighted by Crippen LogP contribution is 2.20. The number of hydrogen-bond donors (Lipinski definition) is 2. The van der Waals surface area contributed by atoms with E-state index in [0.717, 1.165) is 13.0 Å². The van der Waals surface area contributed by atoms with Gasteiger partial charge >= 0.3 is 0 Å². The number of ether oxygens (including phenoxy) is 1. The van der Waals surface area contributed by atoms with Crippen LogP contribution in [0.3, 0.4) is 0 Å². The monoisotopic (exact) mass is 296 g/mol. The van der Waals surface area contributed by atoms with Gasteiger partial charge in [0.25, 0.3) is 5.69 Å². The molecule has 21 heavy (non-hydrogen) atoms. The zero-order chi connectivity index (χ0) is 15.7. The normalized spacial score (nSPS) is 10.7. The molecule has 0 aliphatic rings. The largest absolute Gasteiger partial charge is 0.379 e. The standard InChI is InChI=1S/C14H24N4O3/c1-4-5-15-13-8-12(18(19)20)9-14(17-13)16-6-7-21-10-11(2)3/h8-9,11H,4-7,10H2,1-3H3,(H2,15,16,17). The molecule has 0 saturated heterocycles. The summed E-state index contributed by atoms with van der Waals surface area (Å²) in [7, 11) is 0. The van der Waals surface area contributed by atoms with Crippen molar-refractivity contribution in [2.45, 2.75) is 27.2 Å². The molecule has 0 amide bonds. The van der Waals surface area contributed by atoms with E-state index in [-0.39, 0.29) is 5.69 Å². The van der Waals surface area contributed by atoms with Crippen LogP contribution < -0.4 is 10.6 Å². The average Bonchev–Trinajstić information content (AvgIpc) is 2.44. The van der Waals surface area contributed by atoms with Crippen molar-refractivity contribution < 1.29 is 9.66 Å². The molecule has 0 bridgehead atoms. The second-order valence-electron chi connectivity index (χ2n) is 5.18. The van der Waals surface area contributed by atoms with E-state index in [4.69, 9.17) is 4.74 Å². The highest BCUT2D eigenvalue weighted by molar-refractivity contribution is 5.54. The first-order valence-corrected chi connectivity index (χ1v) is 7.25. The Morgan fingerprint density at radius 3 is 2.43 bits per heavy atom. The van der Waals surface area contributed by atoms with E-state index in [1.54, 1.807) is 0 Å². The molecule has 118 valence electrons. The number of nitro groups is 1. The summed E-state index contributed by atoms with van der Waals surface area (Å²) in [5.74, 6) is 1.48. The zero-order valence-electron chi connectivity index (χ0n) is 12.9. The van der Waals surface area contributed by atoms with Crippen LogP contribution in [0.15, 0.2) is 12.1 Å². The summed E-state index contributed by atoms with van der Waals surface area (Å²) in [5.41, 5.74) is 0.0224. The van der Waals surface area contributed by atoms with Crippen molar-refractivity contribution in [2.75, 3.05) is 36.9 Å². The third kappa shape index (κ3) is 6.89. The van der Waals surface area contributed by atoms with Gasteiger partial charge in [0.15, 0.2) is 0 Å². The van der Waals surface area contributed by atoms with Crippen molar-refractivity contribution in [3.63, 3.8) is 0 Å². The summed E-state index contributed by atoms with van der Waals surface area (Å²) in [6, 6.07) is 2.87. The first kappa shape index (κ1) is 17.2. The Hall–Kier alpha value is -1.89. The minimum absolute atomic E-state index is 0.0224. The molecule has 0 aliphatic carbocycles. The maximum Gasteiger partial charge on any atom is 0.276 e. The van der Waals surface area contributed by atoms with Crippen molar-refractivity contribution in [1.82, 2.24) is 4.98 Å². The summed E-state index contributed by atoms with van der Waals surface area (Å²) in [6.45, 7) is 8.73. The zero-order valence-corrected chi connectivity index (χ0v) is 12.9. The van der Waals surface area contributed by atoms with Crippen molar-refractivity contribution in [3.05, 3.63) is 22.2 Å². The van der Waals surface area contributed by atoms with Crippen LogP contribution in [0.5, 0.6) is 0 Å². The molecule has 0 radical (unpaired) electrons. The maximum absolute atomic E-state index is 10.9. The lowest BCUT2D eigenvalue weighted by Crippen LogP contribution is -2.13. The lowest BCUT2D eigenvalue weighted by molar-refractivity contribution is -0.384. The molecule has 1 aromatic heterocycles. The van der Waals surface area contributed by atoms with Gasteiger partial charge in [-0.3, -0.25) is 10.1 Å². The van der Waals surface area contributed by atoms with Crippen LogP contribution >= 0.6 is 0 Å². The Labute approximate surface area is 125 Å². The highest BCUT2D eigenvalue weighted by atomic mass is 16.6. The van der Waals surface area contributed by atoms with Gasteiger partial charge in [-0.1, -0.05) is 20.8 Å². The van der Waals surface area contributed by atoms with Gasteiger partial charge in [0.1, 0.15) is 11.6 Å². The Kier molecular flexibility index (Phi) is 7.45. The molecule has 0 aromatic carbocycles. The van der Waals surface area contributed by atoms with Crippen LogP contribution in [0.1, 0.15) is 27.2 Å². The first-order chi connectivity index (χ1) is 10.0. The quantitative estimate of drug-likeness (QED) is 0.392. The third-order valence-corrected chi connectivity index (χ3v) is 2.58. The smallest absolute Gasteiger partial charge is 0.276 e. The summed E-state index contributed by atoms with van der Waals surface area (Å²) in [5, 5.41) is 17.0. The van der Waals surface area contributed by atoms with Gasteiger partial charge in [0.05, 0.1) is 23.7 Å². The van der Waals surface area contributed by atoms with Crippen molar-refractivity contribution >= 4 is 17.3 Å². The van der Waals surface area contributed by atoms with E-state index in [9.17, 15) is 10.1 Å². The number of nitrogens with zero attached hydrogens (tertiary/aromatic N) is 2. The number of pyridine rings is 1. The van der Waals surface area contributed by atoms with Crippen molar-refractivity contribution in [2.24, 2.45) is 5.92 Å². The Balaban J connectivity index is 2.58. The lowest BCUT2D eigenvalue weighted by Gasteiger charge is -2.10. The topological polar surface area (TPSA) is 89.3 Å². The molecule has 0 atom stereocenters. The first-order valence-electron chi connectivity index (χ1n) is 7.25. The number of nitrogens with one attached hydrogen (secondary N) is 2. The fourth-order valence-electron chi connectivity index (χ4n) is 1.63. The molecule has 1 heterocycles. The second-order valence-corrected chi connectivity index (χ2v) is 5.18. The van der Waals surface area contributed by atoms with Gasteiger partial charge < -0.3 is 15.4 Å². The molecule has 7 nitrogen and oxygen atoms in total.